The SMILES string of the molecule is CNCC=Cc1cnc(Cl)nc1. The van der Waals surface area contributed by atoms with E-state index in [0.717, 1.165) is 12.1 Å². The Morgan fingerprint density at radius 2 is 2.17 bits per heavy atom. The Labute approximate surface area is 76.5 Å². The molecule has 0 aromatic carbocycles. The summed E-state index contributed by atoms with van der Waals surface area (Å²) in [5, 5.41) is 3.27. The fourth-order valence-electron chi connectivity index (χ4n) is 0.721. The van der Waals surface area contributed by atoms with Crippen molar-refractivity contribution in [2.75, 3.05) is 13.6 Å². The first-order valence-corrected chi connectivity index (χ1v) is 3.99. The van der Waals surface area contributed by atoms with Gasteiger partial charge in [-0.2, -0.15) is 0 Å². The number of hydrogen-bond acceptors (Lipinski definition) is 3. The second-order valence-electron chi connectivity index (χ2n) is 2.25. The van der Waals surface area contributed by atoms with Gasteiger partial charge < -0.3 is 5.32 Å². The van der Waals surface area contributed by atoms with Crippen LogP contribution < -0.4 is 5.32 Å². The quantitative estimate of drug-likeness (QED) is 0.720. The Morgan fingerprint density at radius 1 is 1.50 bits per heavy atom. The highest BCUT2D eigenvalue weighted by Gasteiger charge is 1.88. The zero-order chi connectivity index (χ0) is 8.81. The van der Waals surface area contributed by atoms with Gasteiger partial charge in [0.05, 0.1) is 0 Å². The van der Waals surface area contributed by atoms with Gasteiger partial charge in [0, 0.05) is 24.5 Å². The van der Waals surface area contributed by atoms with Crippen LogP contribution in [-0.4, -0.2) is 23.6 Å². The lowest BCUT2D eigenvalue weighted by atomic mass is 10.3. The standard InChI is InChI=1S/C8H10ClN3/c1-10-4-2-3-7-5-11-8(9)12-6-7/h2-3,5-6,10H,4H2,1H3. The third kappa shape index (κ3) is 2.98. The molecule has 0 aliphatic heterocycles. The molecule has 1 aromatic rings. The molecule has 0 saturated heterocycles. The second-order valence-corrected chi connectivity index (χ2v) is 2.58. The van der Waals surface area contributed by atoms with Gasteiger partial charge in [0.15, 0.2) is 0 Å². The van der Waals surface area contributed by atoms with Crippen LogP contribution in [0.2, 0.25) is 5.28 Å². The van der Waals surface area contributed by atoms with E-state index >= 15 is 0 Å². The molecule has 0 unspecified atom stereocenters. The van der Waals surface area contributed by atoms with E-state index in [4.69, 9.17) is 11.6 Å². The van der Waals surface area contributed by atoms with Crippen molar-refractivity contribution >= 4 is 17.7 Å². The highest BCUT2D eigenvalue weighted by atomic mass is 35.5. The number of likely N-dealkylation sites (N-methyl/N-ethyl adjacent to an activating group) is 1. The predicted molar refractivity (Wildman–Crippen MR) is 50.0 cm³/mol. The summed E-state index contributed by atoms with van der Waals surface area (Å²) >= 11 is 5.51. The van der Waals surface area contributed by atoms with Gasteiger partial charge in [0.1, 0.15) is 0 Å². The van der Waals surface area contributed by atoms with Crippen molar-refractivity contribution in [3.8, 4) is 0 Å². The summed E-state index contributed by atoms with van der Waals surface area (Å²) in [7, 11) is 1.89. The molecule has 1 aromatic heterocycles. The predicted octanol–water partition coefficient (Wildman–Crippen LogP) is 1.36. The zero-order valence-electron chi connectivity index (χ0n) is 6.79. The van der Waals surface area contributed by atoms with Crippen LogP contribution in [0.5, 0.6) is 0 Å². The molecule has 64 valence electrons. The minimum Gasteiger partial charge on any atom is -0.316 e. The van der Waals surface area contributed by atoms with Crippen LogP contribution in [-0.2, 0) is 0 Å². The van der Waals surface area contributed by atoms with E-state index in [2.05, 4.69) is 15.3 Å². The lowest BCUT2D eigenvalue weighted by Gasteiger charge is -1.91. The molecule has 1 rings (SSSR count). The average molecular weight is 184 g/mol. The Kier molecular flexibility index (Phi) is 3.70. The molecule has 0 amide bonds. The van der Waals surface area contributed by atoms with Crippen LogP contribution in [0, 0.1) is 0 Å². The van der Waals surface area contributed by atoms with E-state index in [1.54, 1.807) is 12.4 Å². The van der Waals surface area contributed by atoms with Gasteiger partial charge in [-0.05, 0) is 18.6 Å². The van der Waals surface area contributed by atoms with E-state index in [9.17, 15) is 0 Å². The van der Waals surface area contributed by atoms with E-state index in [-0.39, 0.29) is 5.28 Å². The number of halogens is 1. The molecule has 0 aliphatic carbocycles. The average Bonchev–Trinajstić information content (AvgIpc) is 2.09. The van der Waals surface area contributed by atoms with Crippen molar-refractivity contribution in [3.63, 3.8) is 0 Å². The maximum atomic E-state index is 5.51. The lowest BCUT2D eigenvalue weighted by molar-refractivity contribution is 0.922. The fourth-order valence-corrected chi connectivity index (χ4v) is 0.819. The van der Waals surface area contributed by atoms with Crippen molar-refractivity contribution < 1.29 is 0 Å². The molecule has 0 bridgehead atoms. The largest absolute Gasteiger partial charge is 0.316 e. The number of nitrogens with zero attached hydrogens (tertiary/aromatic N) is 2. The summed E-state index contributed by atoms with van der Waals surface area (Å²) < 4.78 is 0. The normalized spacial score (nSPS) is 10.8. The van der Waals surface area contributed by atoms with Crippen LogP contribution in [0.15, 0.2) is 18.5 Å². The first-order valence-electron chi connectivity index (χ1n) is 3.61. The van der Waals surface area contributed by atoms with Gasteiger partial charge in [0.2, 0.25) is 5.28 Å². The summed E-state index contributed by atoms with van der Waals surface area (Å²) in [6, 6.07) is 0. The minimum absolute atomic E-state index is 0.278. The highest BCUT2D eigenvalue weighted by molar-refractivity contribution is 6.28. The van der Waals surface area contributed by atoms with Gasteiger partial charge >= 0.3 is 0 Å². The monoisotopic (exact) mass is 183 g/mol. The zero-order valence-corrected chi connectivity index (χ0v) is 7.54. The molecule has 0 fully saturated rings. The molecule has 0 saturated carbocycles. The van der Waals surface area contributed by atoms with E-state index in [1.165, 1.54) is 0 Å². The second kappa shape index (κ2) is 4.85. The van der Waals surface area contributed by atoms with Crippen LogP contribution in [0.25, 0.3) is 6.08 Å². The molecule has 0 atom stereocenters. The molecule has 0 spiro atoms. The van der Waals surface area contributed by atoms with Crippen molar-refractivity contribution in [1.29, 1.82) is 0 Å². The lowest BCUT2D eigenvalue weighted by Crippen LogP contribution is -2.03. The van der Waals surface area contributed by atoms with Crippen molar-refractivity contribution in [1.82, 2.24) is 15.3 Å². The van der Waals surface area contributed by atoms with Crippen LogP contribution in [0.3, 0.4) is 0 Å². The summed E-state index contributed by atoms with van der Waals surface area (Å²) in [4.78, 5) is 7.68. The maximum absolute atomic E-state index is 5.51. The molecular weight excluding hydrogens is 174 g/mol. The molecule has 0 aliphatic rings. The number of rotatable bonds is 3. The highest BCUT2D eigenvalue weighted by Crippen LogP contribution is 2.01. The minimum atomic E-state index is 0.278. The molecule has 0 radical (unpaired) electrons. The maximum Gasteiger partial charge on any atom is 0.222 e. The summed E-state index contributed by atoms with van der Waals surface area (Å²) in [5.74, 6) is 0. The Bertz CT molecular complexity index is 256. The van der Waals surface area contributed by atoms with E-state index in [1.807, 2.05) is 19.2 Å². The topological polar surface area (TPSA) is 37.8 Å². The smallest absolute Gasteiger partial charge is 0.222 e. The van der Waals surface area contributed by atoms with Crippen LogP contribution in [0.1, 0.15) is 5.56 Å². The Morgan fingerprint density at radius 3 is 2.75 bits per heavy atom. The Hall–Kier alpha value is -0.930. The van der Waals surface area contributed by atoms with Gasteiger partial charge in [-0.25, -0.2) is 9.97 Å². The number of aromatic nitrogens is 2. The third-order valence-electron chi connectivity index (χ3n) is 1.27. The molecule has 3 nitrogen and oxygen atoms in total. The van der Waals surface area contributed by atoms with Crippen molar-refractivity contribution in [2.45, 2.75) is 0 Å². The molecule has 1 N–H and O–H groups in total. The summed E-state index contributed by atoms with van der Waals surface area (Å²) in [5.41, 5.74) is 0.953. The Balaban J connectivity index is 2.58. The number of hydrogen-bond donors (Lipinski definition) is 1. The molecule has 12 heavy (non-hydrogen) atoms. The van der Waals surface area contributed by atoms with Gasteiger partial charge in [-0.1, -0.05) is 12.2 Å². The molecule has 1 heterocycles. The molecular formula is C8H10ClN3. The fraction of sp³-hybridized carbons (Fsp3) is 0.250. The van der Waals surface area contributed by atoms with E-state index < -0.39 is 0 Å². The van der Waals surface area contributed by atoms with Gasteiger partial charge in [0.25, 0.3) is 0 Å². The van der Waals surface area contributed by atoms with Crippen molar-refractivity contribution in [3.05, 3.63) is 29.3 Å². The van der Waals surface area contributed by atoms with Crippen LogP contribution >= 0.6 is 11.6 Å². The molecule has 4 heteroatoms. The summed E-state index contributed by atoms with van der Waals surface area (Å²) in [6.07, 6.45) is 7.29. The number of nitrogens with one attached hydrogen (secondary N) is 1. The first kappa shape index (κ1) is 9.16. The van der Waals surface area contributed by atoms with Gasteiger partial charge in [-0.15, -0.1) is 0 Å². The van der Waals surface area contributed by atoms with Crippen LogP contribution in [0.4, 0.5) is 0 Å². The van der Waals surface area contributed by atoms with Crippen molar-refractivity contribution in [2.24, 2.45) is 0 Å². The third-order valence-corrected chi connectivity index (χ3v) is 1.47. The van der Waals surface area contributed by atoms with Gasteiger partial charge in [-0.3, -0.25) is 0 Å². The van der Waals surface area contributed by atoms with E-state index in [0.29, 0.717) is 0 Å². The summed E-state index contributed by atoms with van der Waals surface area (Å²) in [6.45, 7) is 0.836. The first-order chi connectivity index (χ1) is 5.83.